The lowest BCUT2D eigenvalue weighted by molar-refractivity contribution is 0.0696. The minimum atomic E-state index is -0.939. The molecule has 0 amide bonds. The van der Waals surface area contributed by atoms with Crippen LogP contribution in [-0.2, 0) is 0 Å². The Morgan fingerprint density at radius 3 is 2.86 bits per heavy atom. The van der Waals surface area contributed by atoms with Crippen LogP contribution < -0.4 is 5.32 Å². The first-order valence-electron chi connectivity index (χ1n) is 4.69. The van der Waals surface area contributed by atoms with Gasteiger partial charge < -0.3 is 10.4 Å². The van der Waals surface area contributed by atoms with E-state index in [2.05, 4.69) is 10.3 Å². The normalized spacial score (nSPS) is 15.1. The molecular weight excluding hydrogens is 180 g/mol. The number of carbonyl (C=O) groups is 1. The van der Waals surface area contributed by atoms with Crippen molar-refractivity contribution in [3.63, 3.8) is 0 Å². The van der Waals surface area contributed by atoms with E-state index in [0.29, 0.717) is 0 Å². The minimum absolute atomic E-state index is 0.224. The average molecular weight is 192 g/mol. The number of carboxylic acid groups (broad SMARTS) is 1. The number of carboxylic acids is 1. The molecule has 0 bridgehead atoms. The van der Waals surface area contributed by atoms with Crippen LogP contribution in [0.25, 0.3) is 0 Å². The van der Waals surface area contributed by atoms with Gasteiger partial charge in [-0.05, 0) is 30.9 Å². The van der Waals surface area contributed by atoms with Gasteiger partial charge in [-0.2, -0.15) is 0 Å². The van der Waals surface area contributed by atoms with Crippen LogP contribution in [0.3, 0.4) is 0 Å². The number of aromatic carboxylic acids is 1. The molecule has 2 rings (SSSR count). The van der Waals surface area contributed by atoms with Crippen molar-refractivity contribution in [3.05, 3.63) is 23.9 Å². The van der Waals surface area contributed by atoms with Gasteiger partial charge in [-0.15, -0.1) is 0 Å². The van der Waals surface area contributed by atoms with Crippen molar-refractivity contribution in [2.24, 2.45) is 5.92 Å². The number of nitrogens with zero attached hydrogens (tertiary/aromatic N) is 1. The number of pyridine rings is 1. The molecule has 74 valence electrons. The highest BCUT2D eigenvalue weighted by atomic mass is 16.4. The Morgan fingerprint density at radius 1 is 1.57 bits per heavy atom. The third kappa shape index (κ3) is 2.22. The Morgan fingerprint density at radius 2 is 2.36 bits per heavy atom. The smallest absolute Gasteiger partial charge is 0.337 e. The van der Waals surface area contributed by atoms with Crippen molar-refractivity contribution in [2.45, 2.75) is 12.8 Å². The van der Waals surface area contributed by atoms with Gasteiger partial charge in [0, 0.05) is 12.7 Å². The first kappa shape index (κ1) is 8.99. The predicted octanol–water partition coefficient (Wildman–Crippen LogP) is 1.60. The van der Waals surface area contributed by atoms with Crippen molar-refractivity contribution in [2.75, 3.05) is 11.9 Å². The maximum Gasteiger partial charge on any atom is 0.337 e. The molecule has 4 nitrogen and oxygen atoms in total. The largest absolute Gasteiger partial charge is 0.478 e. The first-order valence-corrected chi connectivity index (χ1v) is 4.69. The summed E-state index contributed by atoms with van der Waals surface area (Å²) in [5.41, 5.74) is 0.224. The third-order valence-electron chi connectivity index (χ3n) is 2.28. The molecule has 1 fully saturated rings. The summed E-state index contributed by atoms with van der Waals surface area (Å²) in [7, 11) is 0. The molecule has 0 aromatic carbocycles. The number of nitrogens with one attached hydrogen (secondary N) is 1. The number of anilines is 1. The van der Waals surface area contributed by atoms with Gasteiger partial charge in [0.25, 0.3) is 0 Å². The second-order valence-electron chi connectivity index (χ2n) is 3.56. The molecule has 4 heteroatoms. The van der Waals surface area contributed by atoms with Crippen molar-refractivity contribution in [3.8, 4) is 0 Å². The Kier molecular flexibility index (Phi) is 2.35. The highest BCUT2D eigenvalue weighted by Crippen LogP contribution is 2.28. The number of hydrogen-bond donors (Lipinski definition) is 2. The molecule has 0 radical (unpaired) electrons. The van der Waals surface area contributed by atoms with Crippen LogP contribution in [0.5, 0.6) is 0 Å². The van der Waals surface area contributed by atoms with Gasteiger partial charge in [-0.3, -0.25) is 0 Å². The summed E-state index contributed by atoms with van der Waals surface area (Å²) >= 11 is 0. The Labute approximate surface area is 82.0 Å². The Balaban J connectivity index is 1.94. The van der Waals surface area contributed by atoms with E-state index in [4.69, 9.17) is 5.11 Å². The van der Waals surface area contributed by atoms with Crippen molar-refractivity contribution < 1.29 is 9.90 Å². The van der Waals surface area contributed by atoms with E-state index in [1.807, 2.05) is 0 Å². The van der Waals surface area contributed by atoms with Gasteiger partial charge >= 0.3 is 5.97 Å². The van der Waals surface area contributed by atoms with E-state index in [-0.39, 0.29) is 5.56 Å². The summed E-state index contributed by atoms with van der Waals surface area (Å²) in [6.07, 6.45) is 3.96. The van der Waals surface area contributed by atoms with E-state index in [0.717, 1.165) is 18.3 Å². The quantitative estimate of drug-likeness (QED) is 0.760. The molecule has 1 aromatic heterocycles. The molecule has 1 aliphatic carbocycles. The number of aromatic nitrogens is 1. The van der Waals surface area contributed by atoms with E-state index >= 15 is 0 Å². The topological polar surface area (TPSA) is 62.2 Å². The summed E-state index contributed by atoms with van der Waals surface area (Å²) in [5.74, 6) is 0.601. The predicted molar refractivity (Wildman–Crippen MR) is 52.4 cm³/mol. The second kappa shape index (κ2) is 3.65. The SMILES string of the molecule is O=C(O)c1ccc(NCC2CC2)nc1. The molecule has 0 atom stereocenters. The summed E-state index contributed by atoms with van der Waals surface area (Å²) in [4.78, 5) is 14.5. The molecule has 1 aromatic rings. The first-order chi connectivity index (χ1) is 6.75. The maximum atomic E-state index is 10.5. The average Bonchev–Trinajstić information content (AvgIpc) is 2.99. The molecule has 14 heavy (non-hydrogen) atoms. The molecule has 2 N–H and O–H groups in total. The van der Waals surface area contributed by atoms with Gasteiger partial charge in [-0.25, -0.2) is 9.78 Å². The Hall–Kier alpha value is -1.58. The molecule has 0 aliphatic heterocycles. The highest BCUT2D eigenvalue weighted by Gasteiger charge is 2.20. The molecule has 1 heterocycles. The van der Waals surface area contributed by atoms with E-state index < -0.39 is 5.97 Å². The van der Waals surface area contributed by atoms with Crippen LogP contribution in [0.4, 0.5) is 5.82 Å². The summed E-state index contributed by atoms with van der Waals surface area (Å²) < 4.78 is 0. The van der Waals surface area contributed by atoms with E-state index in [9.17, 15) is 4.79 Å². The van der Waals surface area contributed by atoms with Gasteiger partial charge in [0.05, 0.1) is 5.56 Å². The molecule has 0 spiro atoms. The van der Waals surface area contributed by atoms with Gasteiger partial charge in [0.1, 0.15) is 5.82 Å². The minimum Gasteiger partial charge on any atom is -0.478 e. The fraction of sp³-hybridized carbons (Fsp3) is 0.400. The van der Waals surface area contributed by atoms with Crippen LogP contribution in [-0.4, -0.2) is 22.6 Å². The lowest BCUT2D eigenvalue weighted by atomic mass is 10.3. The number of rotatable bonds is 4. The summed E-state index contributed by atoms with van der Waals surface area (Å²) in [5, 5.41) is 11.8. The standard InChI is InChI=1S/C10H12N2O2/c13-10(14)8-3-4-9(12-6-8)11-5-7-1-2-7/h3-4,6-7H,1-2,5H2,(H,11,12)(H,13,14). The van der Waals surface area contributed by atoms with Crippen LogP contribution in [0.1, 0.15) is 23.2 Å². The third-order valence-corrected chi connectivity index (χ3v) is 2.28. The van der Waals surface area contributed by atoms with Gasteiger partial charge in [0.15, 0.2) is 0 Å². The Bertz CT molecular complexity index is 330. The highest BCUT2D eigenvalue weighted by molar-refractivity contribution is 5.87. The fourth-order valence-electron chi connectivity index (χ4n) is 1.20. The van der Waals surface area contributed by atoms with Crippen molar-refractivity contribution >= 4 is 11.8 Å². The van der Waals surface area contributed by atoms with E-state index in [1.54, 1.807) is 12.1 Å². The zero-order valence-electron chi connectivity index (χ0n) is 7.73. The fourth-order valence-corrected chi connectivity index (χ4v) is 1.20. The van der Waals surface area contributed by atoms with Crippen molar-refractivity contribution in [1.82, 2.24) is 4.98 Å². The zero-order valence-corrected chi connectivity index (χ0v) is 7.73. The molecular formula is C10H12N2O2. The lowest BCUT2D eigenvalue weighted by Gasteiger charge is -2.03. The maximum absolute atomic E-state index is 10.5. The number of hydrogen-bond acceptors (Lipinski definition) is 3. The summed E-state index contributed by atoms with van der Waals surface area (Å²) in [6, 6.07) is 3.26. The van der Waals surface area contributed by atoms with Crippen LogP contribution in [0.2, 0.25) is 0 Å². The molecule has 0 saturated heterocycles. The molecule has 1 aliphatic rings. The van der Waals surface area contributed by atoms with Gasteiger partial charge in [0.2, 0.25) is 0 Å². The monoisotopic (exact) mass is 192 g/mol. The van der Waals surface area contributed by atoms with Crippen molar-refractivity contribution in [1.29, 1.82) is 0 Å². The van der Waals surface area contributed by atoms with Gasteiger partial charge in [-0.1, -0.05) is 0 Å². The van der Waals surface area contributed by atoms with Crippen LogP contribution in [0, 0.1) is 5.92 Å². The van der Waals surface area contributed by atoms with E-state index in [1.165, 1.54) is 19.0 Å². The summed E-state index contributed by atoms with van der Waals surface area (Å²) in [6.45, 7) is 0.944. The zero-order chi connectivity index (χ0) is 9.97. The molecule has 0 unspecified atom stereocenters. The van der Waals surface area contributed by atoms with Crippen LogP contribution in [0.15, 0.2) is 18.3 Å². The molecule has 1 saturated carbocycles. The second-order valence-corrected chi connectivity index (χ2v) is 3.56. The van der Waals surface area contributed by atoms with Crippen LogP contribution >= 0.6 is 0 Å². The lowest BCUT2D eigenvalue weighted by Crippen LogP contribution is -2.05.